The highest BCUT2D eigenvalue weighted by atomic mass is 16.5. The van der Waals surface area contributed by atoms with Gasteiger partial charge in [0.25, 0.3) is 0 Å². The van der Waals surface area contributed by atoms with Gasteiger partial charge >= 0.3 is 0 Å². The van der Waals surface area contributed by atoms with Crippen LogP contribution in [0.15, 0.2) is 18.2 Å². The molecule has 0 amide bonds. The number of nitrogens with zero attached hydrogens (tertiary/aromatic N) is 1. The van der Waals surface area contributed by atoms with E-state index >= 15 is 0 Å². The van der Waals surface area contributed by atoms with Crippen molar-refractivity contribution in [1.82, 2.24) is 4.90 Å². The van der Waals surface area contributed by atoms with Crippen molar-refractivity contribution >= 4 is 5.69 Å². The summed E-state index contributed by atoms with van der Waals surface area (Å²) in [5.74, 6) is 0.864. The van der Waals surface area contributed by atoms with Crippen LogP contribution in [0.2, 0.25) is 0 Å². The summed E-state index contributed by atoms with van der Waals surface area (Å²) in [7, 11) is 1.67. The predicted octanol–water partition coefficient (Wildman–Crippen LogP) is 1.23. The highest BCUT2D eigenvalue weighted by Gasteiger charge is 2.28. The van der Waals surface area contributed by atoms with Gasteiger partial charge in [0.05, 0.1) is 13.7 Å². The molecule has 4 heteroatoms. The van der Waals surface area contributed by atoms with E-state index in [2.05, 4.69) is 4.90 Å². The minimum absolute atomic E-state index is 0.196. The average molecular weight is 236 g/mol. The van der Waals surface area contributed by atoms with E-state index in [1.54, 1.807) is 7.11 Å². The summed E-state index contributed by atoms with van der Waals surface area (Å²) in [6, 6.07) is 6.31. The molecule has 3 N–H and O–H groups in total. The number of nitrogen functional groups attached to an aromatic ring is 1. The maximum atomic E-state index is 9.07. The van der Waals surface area contributed by atoms with Crippen LogP contribution in [-0.4, -0.2) is 36.3 Å². The Morgan fingerprint density at radius 3 is 2.82 bits per heavy atom. The minimum Gasteiger partial charge on any atom is -0.496 e. The van der Waals surface area contributed by atoms with Gasteiger partial charge in [0, 0.05) is 30.4 Å². The molecule has 0 aliphatic heterocycles. The van der Waals surface area contributed by atoms with Crippen molar-refractivity contribution in [2.45, 2.75) is 25.4 Å². The third kappa shape index (κ3) is 3.11. The second kappa shape index (κ2) is 5.38. The molecule has 1 aromatic rings. The van der Waals surface area contributed by atoms with Crippen molar-refractivity contribution in [2.75, 3.05) is 26.0 Å². The van der Waals surface area contributed by atoms with Crippen molar-refractivity contribution in [1.29, 1.82) is 0 Å². The van der Waals surface area contributed by atoms with E-state index in [1.807, 2.05) is 18.2 Å². The third-order valence-corrected chi connectivity index (χ3v) is 3.13. The van der Waals surface area contributed by atoms with E-state index in [-0.39, 0.29) is 6.61 Å². The van der Waals surface area contributed by atoms with Crippen molar-refractivity contribution < 1.29 is 9.84 Å². The second-order valence-corrected chi connectivity index (χ2v) is 4.50. The molecule has 1 aliphatic carbocycles. The van der Waals surface area contributed by atoms with Crippen LogP contribution in [0.5, 0.6) is 5.75 Å². The molecular weight excluding hydrogens is 216 g/mol. The fraction of sp³-hybridized carbons (Fsp3) is 0.538. The fourth-order valence-corrected chi connectivity index (χ4v) is 2.10. The van der Waals surface area contributed by atoms with Crippen molar-refractivity contribution in [3.8, 4) is 5.75 Å². The Hall–Kier alpha value is -1.26. The molecule has 4 nitrogen and oxygen atoms in total. The molecule has 1 fully saturated rings. The SMILES string of the molecule is COc1ccc(N)cc1CN(CCO)C1CC1. The van der Waals surface area contributed by atoms with Crippen LogP contribution in [0.4, 0.5) is 5.69 Å². The number of anilines is 1. The lowest BCUT2D eigenvalue weighted by atomic mass is 10.1. The maximum absolute atomic E-state index is 9.07. The third-order valence-electron chi connectivity index (χ3n) is 3.13. The molecule has 1 saturated carbocycles. The Labute approximate surface area is 102 Å². The van der Waals surface area contributed by atoms with Crippen LogP contribution in [-0.2, 0) is 6.54 Å². The molecule has 0 aromatic heterocycles. The first-order chi connectivity index (χ1) is 8.24. The van der Waals surface area contributed by atoms with Crippen LogP contribution in [0.3, 0.4) is 0 Å². The smallest absolute Gasteiger partial charge is 0.123 e. The molecule has 0 atom stereocenters. The fourth-order valence-electron chi connectivity index (χ4n) is 2.10. The van der Waals surface area contributed by atoms with E-state index in [4.69, 9.17) is 15.6 Å². The topological polar surface area (TPSA) is 58.7 Å². The average Bonchev–Trinajstić information content (AvgIpc) is 3.13. The van der Waals surface area contributed by atoms with E-state index in [0.29, 0.717) is 12.6 Å². The summed E-state index contributed by atoms with van der Waals surface area (Å²) < 4.78 is 5.33. The van der Waals surface area contributed by atoms with Crippen LogP contribution < -0.4 is 10.5 Å². The van der Waals surface area contributed by atoms with E-state index in [0.717, 1.165) is 23.5 Å². The first-order valence-electron chi connectivity index (χ1n) is 6.02. The van der Waals surface area contributed by atoms with Gasteiger partial charge in [-0.25, -0.2) is 0 Å². The van der Waals surface area contributed by atoms with Crippen LogP contribution in [0.25, 0.3) is 0 Å². The van der Waals surface area contributed by atoms with Gasteiger partial charge < -0.3 is 15.6 Å². The molecule has 0 radical (unpaired) electrons. The van der Waals surface area contributed by atoms with Gasteiger partial charge in [0.2, 0.25) is 0 Å². The summed E-state index contributed by atoms with van der Waals surface area (Å²) in [5.41, 5.74) is 7.64. The first kappa shape index (κ1) is 12.2. The zero-order valence-corrected chi connectivity index (χ0v) is 10.2. The highest BCUT2D eigenvalue weighted by Crippen LogP contribution is 2.30. The van der Waals surface area contributed by atoms with Crippen LogP contribution in [0, 0.1) is 0 Å². The predicted molar refractivity (Wildman–Crippen MR) is 67.9 cm³/mol. The van der Waals surface area contributed by atoms with Gasteiger partial charge in [-0.2, -0.15) is 0 Å². The minimum atomic E-state index is 0.196. The van der Waals surface area contributed by atoms with Gasteiger partial charge in [-0.1, -0.05) is 0 Å². The molecule has 17 heavy (non-hydrogen) atoms. The molecular formula is C13H20N2O2. The number of methoxy groups -OCH3 is 1. The molecule has 94 valence electrons. The lowest BCUT2D eigenvalue weighted by Crippen LogP contribution is -2.28. The van der Waals surface area contributed by atoms with Gasteiger partial charge in [0.15, 0.2) is 0 Å². The first-order valence-corrected chi connectivity index (χ1v) is 6.02. The molecule has 0 spiro atoms. The summed E-state index contributed by atoms with van der Waals surface area (Å²) in [5, 5.41) is 9.07. The molecule has 2 rings (SSSR count). The zero-order valence-electron chi connectivity index (χ0n) is 10.2. The van der Waals surface area contributed by atoms with Gasteiger partial charge in [-0.3, -0.25) is 4.90 Å². The van der Waals surface area contributed by atoms with Gasteiger partial charge in [-0.15, -0.1) is 0 Å². The summed E-state index contributed by atoms with van der Waals surface area (Å²) in [4.78, 5) is 2.29. The monoisotopic (exact) mass is 236 g/mol. The largest absolute Gasteiger partial charge is 0.496 e. The van der Waals surface area contributed by atoms with E-state index in [9.17, 15) is 0 Å². The molecule has 0 unspecified atom stereocenters. The van der Waals surface area contributed by atoms with Crippen LogP contribution >= 0.6 is 0 Å². The number of hydrogen-bond donors (Lipinski definition) is 2. The van der Waals surface area contributed by atoms with Gasteiger partial charge in [-0.05, 0) is 31.0 Å². The lowest BCUT2D eigenvalue weighted by Gasteiger charge is -2.22. The van der Waals surface area contributed by atoms with Crippen LogP contribution in [0.1, 0.15) is 18.4 Å². The number of rotatable bonds is 6. The highest BCUT2D eigenvalue weighted by molar-refractivity contribution is 5.47. The number of benzene rings is 1. The number of ether oxygens (including phenoxy) is 1. The number of aliphatic hydroxyl groups excluding tert-OH is 1. The number of aliphatic hydroxyl groups is 1. The van der Waals surface area contributed by atoms with Crippen molar-refractivity contribution in [3.63, 3.8) is 0 Å². The maximum Gasteiger partial charge on any atom is 0.123 e. The van der Waals surface area contributed by atoms with E-state index in [1.165, 1.54) is 12.8 Å². The Morgan fingerprint density at radius 1 is 1.47 bits per heavy atom. The lowest BCUT2D eigenvalue weighted by molar-refractivity contribution is 0.182. The quantitative estimate of drug-likeness (QED) is 0.729. The summed E-state index contributed by atoms with van der Waals surface area (Å²) >= 11 is 0. The Bertz CT molecular complexity index is 378. The zero-order chi connectivity index (χ0) is 12.3. The summed E-state index contributed by atoms with van der Waals surface area (Å²) in [6.07, 6.45) is 2.45. The molecule has 1 aromatic carbocycles. The summed E-state index contributed by atoms with van der Waals surface area (Å²) in [6.45, 7) is 1.70. The molecule has 0 heterocycles. The molecule has 1 aliphatic rings. The Balaban J connectivity index is 2.11. The Morgan fingerprint density at radius 2 is 2.24 bits per heavy atom. The molecule has 0 bridgehead atoms. The number of hydrogen-bond acceptors (Lipinski definition) is 4. The van der Waals surface area contributed by atoms with Crippen molar-refractivity contribution in [3.05, 3.63) is 23.8 Å². The van der Waals surface area contributed by atoms with E-state index < -0.39 is 0 Å². The molecule has 0 saturated heterocycles. The standard InChI is InChI=1S/C13H20N2O2/c1-17-13-5-2-11(14)8-10(13)9-15(6-7-16)12-3-4-12/h2,5,8,12,16H,3-4,6-7,9,14H2,1H3. The van der Waals surface area contributed by atoms with Gasteiger partial charge in [0.1, 0.15) is 5.75 Å². The number of nitrogens with two attached hydrogens (primary N) is 1. The Kier molecular flexibility index (Phi) is 3.86. The van der Waals surface area contributed by atoms with Crippen molar-refractivity contribution in [2.24, 2.45) is 0 Å². The normalized spacial score (nSPS) is 15.2. The second-order valence-electron chi connectivity index (χ2n) is 4.50.